The third-order valence-corrected chi connectivity index (χ3v) is 3.53. The van der Waals surface area contributed by atoms with Crippen molar-refractivity contribution in [2.75, 3.05) is 0 Å². The van der Waals surface area contributed by atoms with Gasteiger partial charge in [0.25, 0.3) is 10.1 Å². The maximum atomic E-state index is 11.2. The molecule has 92 valence electrons. The average Bonchev–Trinajstić information content (AvgIpc) is 2.15. The van der Waals surface area contributed by atoms with E-state index < -0.39 is 10.1 Å². The Bertz CT molecular complexity index is 479. The normalized spacial score (nSPS) is 11.7. The summed E-state index contributed by atoms with van der Waals surface area (Å²) in [5.41, 5.74) is 1.75. The molecule has 0 radical (unpaired) electrons. The van der Waals surface area contributed by atoms with E-state index in [1.807, 2.05) is 33.8 Å². The van der Waals surface area contributed by atoms with Gasteiger partial charge in [0.2, 0.25) is 0 Å². The van der Waals surface area contributed by atoms with Gasteiger partial charge < -0.3 is 0 Å². The van der Waals surface area contributed by atoms with Crippen molar-refractivity contribution in [1.29, 1.82) is 0 Å². The summed E-state index contributed by atoms with van der Waals surface area (Å²) >= 11 is 0. The van der Waals surface area contributed by atoms with Crippen LogP contribution in [0.4, 0.5) is 0 Å². The molecule has 3 nitrogen and oxygen atoms in total. The van der Waals surface area contributed by atoms with Gasteiger partial charge in [-0.15, -0.1) is 0 Å². The van der Waals surface area contributed by atoms with Crippen molar-refractivity contribution >= 4 is 39.7 Å². The van der Waals surface area contributed by atoms with E-state index in [-0.39, 0.29) is 40.4 Å². The van der Waals surface area contributed by atoms with Crippen molar-refractivity contribution in [2.45, 2.75) is 44.4 Å². The summed E-state index contributed by atoms with van der Waals surface area (Å²) in [6.07, 6.45) is 0. The fraction of sp³-hybridized carbons (Fsp3) is 0.500. The zero-order valence-electron chi connectivity index (χ0n) is 10.1. The van der Waals surface area contributed by atoms with Crippen LogP contribution in [0.15, 0.2) is 23.1 Å². The quantitative estimate of drug-likeness (QED) is 0.675. The molecule has 0 spiro atoms. The van der Waals surface area contributed by atoms with E-state index in [0.29, 0.717) is 11.5 Å². The Morgan fingerprint density at radius 1 is 1.06 bits per heavy atom. The third kappa shape index (κ3) is 4.38. The molecule has 0 saturated heterocycles. The Labute approximate surface area is 126 Å². The number of hydrogen-bond acceptors (Lipinski definition) is 2. The Kier molecular flexibility index (Phi) is 6.39. The maximum absolute atomic E-state index is 11.2. The molecule has 0 aliphatic carbocycles. The summed E-state index contributed by atoms with van der Waals surface area (Å²) in [6, 6.07) is 5.10. The molecule has 0 aliphatic heterocycles. The van der Waals surface area contributed by atoms with Crippen molar-refractivity contribution < 1.29 is 13.0 Å². The van der Waals surface area contributed by atoms with Crippen LogP contribution in [-0.2, 0) is 10.1 Å². The topological polar surface area (TPSA) is 54.4 Å². The van der Waals surface area contributed by atoms with Crippen LogP contribution in [0.5, 0.6) is 0 Å². The van der Waals surface area contributed by atoms with Crippen LogP contribution in [0.3, 0.4) is 0 Å². The van der Waals surface area contributed by atoms with E-state index in [9.17, 15) is 8.42 Å². The molecule has 0 saturated carbocycles. The number of benzene rings is 1. The molecule has 1 aromatic carbocycles. The molecule has 0 atom stereocenters. The first-order chi connectivity index (χ1) is 7.23. The molecule has 0 amide bonds. The molecule has 0 unspecified atom stereocenters. The third-order valence-electron chi connectivity index (χ3n) is 2.60. The van der Waals surface area contributed by atoms with Gasteiger partial charge in [-0.3, -0.25) is 4.55 Å². The van der Waals surface area contributed by atoms with Gasteiger partial charge in [0, 0.05) is 0 Å². The standard InChI is InChI=1S/C12H18O3S.Na.H/c1-8(2)10-5-6-12(16(13,14)15)11(7-10)9(3)4;;/h5-9H,1-4H3,(H,13,14,15);;. The summed E-state index contributed by atoms with van der Waals surface area (Å²) in [7, 11) is -4.12. The molecule has 1 aromatic rings. The molecule has 0 aliphatic rings. The second-order valence-corrected chi connectivity index (χ2v) is 5.97. The predicted octanol–water partition coefficient (Wildman–Crippen LogP) is 2.53. The van der Waals surface area contributed by atoms with Gasteiger partial charge in [0.1, 0.15) is 0 Å². The van der Waals surface area contributed by atoms with Gasteiger partial charge in [-0.25, -0.2) is 0 Å². The van der Waals surface area contributed by atoms with Crippen molar-refractivity contribution in [3.05, 3.63) is 29.3 Å². The van der Waals surface area contributed by atoms with Crippen molar-refractivity contribution in [3.8, 4) is 0 Å². The molecule has 17 heavy (non-hydrogen) atoms. The molecule has 0 aromatic heterocycles. The van der Waals surface area contributed by atoms with Crippen LogP contribution in [0.25, 0.3) is 0 Å². The molecule has 1 N–H and O–H groups in total. The van der Waals surface area contributed by atoms with E-state index in [1.54, 1.807) is 6.07 Å². The van der Waals surface area contributed by atoms with E-state index in [2.05, 4.69) is 0 Å². The molecule has 5 heteroatoms. The second kappa shape index (κ2) is 6.34. The Balaban J connectivity index is 0.00000256. The zero-order chi connectivity index (χ0) is 12.5. The number of hydrogen-bond donors (Lipinski definition) is 1. The first-order valence-corrected chi connectivity index (χ1v) is 6.78. The van der Waals surface area contributed by atoms with Crippen LogP contribution in [0.1, 0.15) is 50.7 Å². The van der Waals surface area contributed by atoms with Crippen LogP contribution in [0.2, 0.25) is 0 Å². The summed E-state index contributed by atoms with van der Waals surface area (Å²) in [5, 5.41) is 0. The van der Waals surface area contributed by atoms with E-state index >= 15 is 0 Å². The summed E-state index contributed by atoms with van der Waals surface area (Å²) in [5.74, 6) is 0.406. The fourth-order valence-electron chi connectivity index (χ4n) is 1.61. The molecular weight excluding hydrogens is 247 g/mol. The fourth-order valence-corrected chi connectivity index (χ4v) is 2.44. The summed E-state index contributed by atoms with van der Waals surface area (Å²) < 4.78 is 31.5. The van der Waals surface area contributed by atoms with E-state index in [4.69, 9.17) is 4.55 Å². The monoisotopic (exact) mass is 266 g/mol. The Morgan fingerprint density at radius 2 is 1.59 bits per heavy atom. The average molecular weight is 266 g/mol. The second-order valence-electron chi connectivity index (χ2n) is 4.58. The summed E-state index contributed by atoms with van der Waals surface area (Å²) in [4.78, 5) is 0.0203. The van der Waals surface area contributed by atoms with E-state index in [1.165, 1.54) is 6.07 Å². The van der Waals surface area contributed by atoms with Crippen LogP contribution in [0, 0.1) is 0 Å². The molecule has 1 rings (SSSR count). The van der Waals surface area contributed by atoms with E-state index in [0.717, 1.165) is 5.56 Å². The molecule has 0 fully saturated rings. The van der Waals surface area contributed by atoms with Crippen molar-refractivity contribution in [3.63, 3.8) is 0 Å². The minimum absolute atomic E-state index is 0. The van der Waals surface area contributed by atoms with Crippen molar-refractivity contribution in [1.82, 2.24) is 0 Å². The van der Waals surface area contributed by atoms with Gasteiger partial charge in [0.15, 0.2) is 0 Å². The van der Waals surface area contributed by atoms with Gasteiger partial charge in [-0.2, -0.15) is 8.42 Å². The van der Waals surface area contributed by atoms with Crippen LogP contribution in [-0.4, -0.2) is 42.5 Å². The minimum atomic E-state index is -4.12. The first-order valence-electron chi connectivity index (χ1n) is 5.34. The Hall–Kier alpha value is 0.130. The zero-order valence-corrected chi connectivity index (χ0v) is 10.9. The molecule has 0 bridgehead atoms. The van der Waals surface area contributed by atoms with Crippen molar-refractivity contribution in [2.24, 2.45) is 0 Å². The Morgan fingerprint density at radius 3 is 1.94 bits per heavy atom. The van der Waals surface area contributed by atoms with Gasteiger partial charge in [0.05, 0.1) is 4.90 Å². The first kappa shape index (κ1) is 17.1. The van der Waals surface area contributed by atoms with Gasteiger partial charge in [-0.05, 0) is 29.0 Å². The summed E-state index contributed by atoms with van der Waals surface area (Å²) in [6.45, 7) is 7.92. The van der Waals surface area contributed by atoms with Crippen LogP contribution < -0.4 is 0 Å². The molecular formula is C12H19NaO3S. The molecule has 0 heterocycles. The van der Waals surface area contributed by atoms with Gasteiger partial charge in [-0.1, -0.05) is 39.8 Å². The predicted molar refractivity (Wildman–Crippen MR) is 71.6 cm³/mol. The number of rotatable bonds is 3. The van der Waals surface area contributed by atoms with Crippen LogP contribution >= 0.6 is 0 Å². The van der Waals surface area contributed by atoms with Gasteiger partial charge >= 0.3 is 29.6 Å². The SMILES string of the molecule is CC(C)c1ccc(S(=O)(=O)O)c(C(C)C)c1.[NaH].